The van der Waals surface area contributed by atoms with Crippen LogP contribution in [-0.2, 0) is 0 Å². The highest BCUT2D eigenvalue weighted by molar-refractivity contribution is 5.80. The van der Waals surface area contributed by atoms with Gasteiger partial charge in [0.2, 0.25) is 0 Å². The maximum atomic E-state index is 14.1. The number of benzene rings is 1. The molecule has 0 saturated heterocycles. The number of hydrogen-bond acceptors (Lipinski definition) is 5. The van der Waals surface area contributed by atoms with Crippen LogP contribution >= 0.6 is 0 Å². The average molecular weight is 395 g/mol. The van der Waals surface area contributed by atoms with Gasteiger partial charge in [-0.1, -0.05) is 13.8 Å². The number of H-pyrrole nitrogens is 1. The maximum absolute atomic E-state index is 14.1. The van der Waals surface area contributed by atoms with Gasteiger partial charge in [0.15, 0.2) is 12.3 Å². The van der Waals surface area contributed by atoms with Crippen LogP contribution < -0.4 is 10.4 Å². The van der Waals surface area contributed by atoms with Crippen molar-refractivity contribution in [3.63, 3.8) is 0 Å². The largest absolute Gasteiger partial charge is 0.459 e. The predicted octanol–water partition coefficient (Wildman–Crippen LogP) is 3.00. The van der Waals surface area contributed by atoms with Gasteiger partial charge in [0, 0.05) is 0 Å². The van der Waals surface area contributed by atoms with Crippen LogP contribution in [0.4, 0.5) is 17.6 Å². The summed E-state index contributed by atoms with van der Waals surface area (Å²) in [6, 6.07) is 2.79. The van der Waals surface area contributed by atoms with E-state index in [-0.39, 0.29) is 22.7 Å². The Bertz CT molecular complexity index is 1120. The van der Waals surface area contributed by atoms with Gasteiger partial charge in [0.25, 0.3) is 12.4 Å². The third-order valence-corrected chi connectivity index (χ3v) is 3.84. The van der Waals surface area contributed by atoms with E-state index in [1.165, 1.54) is 6.07 Å². The standard InChI is InChI=1S/C17H13F4N5O2/c1-7(2)14-13(8-3-10(18)9(5-22)11(19)4-8)15-23-16(28-6-12(20)21)24-17(27)26(15)25-14/h3-4,7,12H,6H2,1-2H3,(H,23,24,27). The highest BCUT2D eigenvalue weighted by atomic mass is 19.3. The number of nitrogens with one attached hydrogen (secondary N) is 1. The van der Waals surface area contributed by atoms with Crippen LogP contribution in [0.5, 0.6) is 6.01 Å². The van der Waals surface area contributed by atoms with Crippen LogP contribution in [0.2, 0.25) is 0 Å². The van der Waals surface area contributed by atoms with Crippen molar-refractivity contribution in [1.82, 2.24) is 19.6 Å². The Balaban J connectivity index is 2.29. The second kappa shape index (κ2) is 7.30. The molecule has 0 spiro atoms. The van der Waals surface area contributed by atoms with Crippen molar-refractivity contribution < 1.29 is 22.3 Å². The van der Waals surface area contributed by atoms with Crippen molar-refractivity contribution in [1.29, 1.82) is 5.26 Å². The summed E-state index contributed by atoms with van der Waals surface area (Å²) in [5.74, 6) is -2.46. The minimum absolute atomic E-state index is 0.00869. The molecule has 11 heteroatoms. The minimum Gasteiger partial charge on any atom is -0.459 e. The molecule has 0 unspecified atom stereocenters. The number of halogens is 4. The minimum atomic E-state index is -2.79. The molecule has 28 heavy (non-hydrogen) atoms. The Morgan fingerprint density at radius 2 is 1.93 bits per heavy atom. The third kappa shape index (κ3) is 3.40. The van der Waals surface area contributed by atoms with Crippen molar-refractivity contribution in [2.75, 3.05) is 6.61 Å². The number of alkyl halides is 2. The summed E-state index contributed by atoms with van der Waals surface area (Å²) in [6.07, 6.45) is -2.79. The number of hydrogen-bond donors (Lipinski definition) is 1. The first kappa shape index (κ1) is 19.3. The number of rotatable bonds is 5. The van der Waals surface area contributed by atoms with E-state index in [2.05, 4.69) is 15.1 Å². The molecule has 2 aromatic heterocycles. The van der Waals surface area contributed by atoms with E-state index < -0.39 is 41.9 Å². The van der Waals surface area contributed by atoms with Crippen LogP contribution in [0.1, 0.15) is 31.0 Å². The molecule has 0 amide bonds. The highest BCUT2D eigenvalue weighted by Gasteiger charge is 2.23. The summed E-state index contributed by atoms with van der Waals surface area (Å²) >= 11 is 0. The lowest BCUT2D eigenvalue weighted by molar-refractivity contribution is 0.0768. The molecule has 1 N–H and O–H groups in total. The molecule has 146 valence electrons. The molecule has 0 atom stereocenters. The van der Waals surface area contributed by atoms with E-state index >= 15 is 0 Å². The SMILES string of the molecule is CC(C)c1nn2c(=O)[nH]c(OCC(F)F)nc2c1-c1cc(F)c(C#N)c(F)c1. The molecule has 0 aliphatic heterocycles. The zero-order valence-corrected chi connectivity index (χ0v) is 14.6. The van der Waals surface area contributed by atoms with E-state index in [1.807, 2.05) is 0 Å². The molecule has 0 bridgehead atoms. The third-order valence-electron chi connectivity index (χ3n) is 3.84. The smallest absolute Gasteiger partial charge is 0.352 e. The van der Waals surface area contributed by atoms with Crippen molar-refractivity contribution in [2.24, 2.45) is 0 Å². The van der Waals surface area contributed by atoms with Gasteiger partial charge in [0.1, 0.15) is 23.3 Å². The molecule has 0 saturated carbocycles. The molecule has 2 heterocycles. The van der Waals surface area contributed by atoms with Gasteiger partial charge in [-0.05, 0) is 23.6 Å². The lowest BCUT2D eigenvalue weighted by Gasteiger charge is -2.08. The summed E-state index contributed by atoms with van der Waals surface area (Å²) in [5, 5.41) is 13.0. The van der Waals surface area contributed by atoms with Crippen LogP contribution in [0.3, 0.4) is 0 Å². The summed E-state index contributed by atoms with van der Waals surface area (Å²) in [6.45, 7) is 2.48. The number of aromatic amines is 1. The average Bonchev–Trinajstić information content (AvgIpc) is 3.00. The topological polar surface area (TPSA) is 96.1 Å². The number of nitrogens with zero attached hydrogens (tertiary/aromatic N) is 4. The lowest BCUT2D eigenvalue weighted by atomic mass is 9.98. The first-order valence-corrected chi connectivity index (χ1v) is 8.06. The van der Waals surface area contributed by atoms with Crippen molar-refractivity contribution >= 4 is 5.65 Å². The predicted molar refractivity (Wildman–Crippen MR) is 89.3 cm³/mol. The summed E-state index contributed by atoms with van der Waals surface area (Å²) in [7, 11) is 0. The van der Waals surface area contributed by atoms with Crippen LogP contribution in [0.25, 0.3) is 16.8 Å². The normalized spacial score (nSPS) is 11.4. The molecule has 1 aromatic carbocycles. The Morgan fingerprint density at radius 3 is 2.46 bits per heavy atom. The molecule has 7 nitrogen and oxygen atoms in total. The molecule has 0 aliphatic carbocycles. The molecular formula is C17H13F4N5O2. The molecule has 0 fully saturated rings. The van der Waals surface area contributed by atoms with Gasteiger partial charge in [-0.25, -0.2) is 22.4 Å². The van der Waals surface area contributed by atoms with Crippen molar-refractivity contribution in [3.05, 3.63) is 45.5 Å². The van der Waals surface area contributed by atoms with E-state index in [9.17, 15) is 22.4 Å². The second-order valence-corrected chi connectivity index (χ2v) is 6.13. The summed E-state index contributed by atoms with van der Waals surface area (Å²) in [4.78, 5) is 18.4. The van der Waals surface area contributed by atoms with Crippen molar-refractivity contribution in [2.45, 2.75) is 26.2 Å². The molecule has 0 radical (unpaired) electrons. The van der Waals surface area contributed by atoms with Crippen LogP contribution in [0.15, 0.2) is 16.9 Å². The van der Waals surface area contributed by atoms with Gasteiger partial charge in [-0.15, -0.1) is 0 Å². The van der Waals surface area contributed by atoms with Gasteiger partial charge >= 0.3 is 5.69 Å². The molecule has 3 rings (SSSR count). The Kier molecular flexibility index (Phi) is 5.04. The van der Waals surface area contributed by atoms with E-state index in [0.717, 1.165) is 16.6 Å². The quantitative estimate of drug-likeness (QED) is 0.670. The van der Waals surface area contributed by atoms with E-state index in [0.29, 0.717) is 5.69 Å². The fraction of sp³-hybridized carbons (Fsp3) is 0.294. The first-order valence-electron chi connectivity index (χ1n) is 8.06. The van der Waals surface area contributed by atoms with Gasteiger partial charge in [-0.2, -0.15) is 19.9 Å². The van der Waals surface area contributed by atoms with Gasteiger partial charge < -0.3 is 4.74 Å². The molecule has 3 aromatic rings. The van der Waals surface area contributed by atoms with Crippen LogP contribution in [-0.4, -0.2) is 32.6 Å². The summed E-state index contributed by atoms with van der Waals surface area (Å²) < 4.78 is 58.6. The summed E-state index contributed by atoms with van der Waals surface area (Å²) in [5.41, 5.74) is -1.28. The fourth-order valence-electron chi connectivity index (χ4n) is 2.65. The zero-order valence-electron chi connectivity index (χ0n) is 14.6. The van der Waals surface area contributed by atoms with Gasteiger partial charge in [-0.3, -0.25) is 4.98 Å². The van der Waals surface area contributed by atoms with E-state index in [4.69, 9.17) is 10.00 Å². The number of ether oxygens (including phenoxy) is 1. The maximum Gasteiger partial charge on any atom is 0.352 e. The Morgan fingerprint density at radius 1 is 1.29 bits per heavy atom. The Hall–Kier alpha value is -3.42. The van der Waals surface area contributed by atoms with E-state index in [1.54, 1.807) is 13.8 Å². The monoisotopic (exact) mass is 395 g/mol. The lowest BCUT2D eigenvalue weighted by Crippen LogP contribution is -2.21. The van der Waals surface area contributed by atoms with Crippen molar-refractivity contribution in [3.8, 4) is 23.2 Å². The first-order chi connectivity index (χ1) is 13.2. The number of aromatic nitrogens is 4. The fourth-order valence-corrected chi connectivity index (χ4v) is 2.65. The molecular weight excluding hydrogens is 382 g/mol. The Labute approximate surface area is 155 Å². The highest BCUT2D eigenvalue weighted by Crippen LogP contribution is 2.33. The number of nitriles is 1. The zero-order chi connectivity index (χ0) is 20.6. The van der Waals surface area contributed by atoms with Gasteiger partial charge in [0.05, 0.1) is 11.3 Å². The number of fused-ring (bicyclic) bond motifs is 1. The second-order valence-electron chi connectivity index (χ2n) is 6.13. The molecule has 0 aliphatic rings. The van der Waals surface area contributed by atoms with Crippen LogP contribution in [0, 0.1) is 23.0 Å².